The number of nitrogens with zero attached hydrogens (tertiary/aromatic N) is 1. The number of amides is 1. The minimum atomic E-state index is 0.113. The van der Waals surface area contributed by atoms with Gasteiger partial charge in [0.15, 0.2) is 0 Å². The summed E-state index contributed by atoms with van der Waals surface area (Å²) in [4.78, 5) is 10.8. The second kappa shape index (κ2) is 4.31. The van der Waals surface area contributed by atoms with Gasteiger partial charge in [-0.2, -0.15) is 0 Å². The Morgan fingerprint density at radius 1 is 1.00 bits per heavy atom. The van der Waals surface area contributed by atoms with E-state index in [1.54, 1.807) is 0 Å². The molecule has 1 amide bonds. The quantitative estimate of drug-likeness (QED) is 0.501. The van der Waals surface area contributed by atoms with Crippen LogP contribution in [-0.4, -0.2) is 12.5 Å². The van der Waals surface area contributed by atoms with Gasteiger partial charge in [0.25, 0.3) is 0 Å². The Balaban J connectivity index is 2.21. The Hall–Kier alpha value is -0.530. The minimum Gasteiger partial charge on any atom is -0.273 e. The molecule has 1 aliphatic rings. The highest BCUT2D eigenvalue weighted by Gasteiger charge is 2.04. The van der Waals surface area contributed by atoms with Gasteiger partial charge in [0, 0.05) is 13.0 Å². The highest BCUT2D eigenvalue weighted by atomic mass is 16.1. The average molecular weight is 140 g/mol. The predicted molar refractivity (Wildman–Crippen MR) is 39.7 cm³/mol. The maximum atomic E-state index is 10.8. The minimum absolute atomic E-state index is 0.113. The highest BCUT2D eigenvalue weighted by Crippen LogP contribution is 2.07. The van der Waals surface area contributed by atoms with E-state index in [9.17, 15) is 4.79 Å². The van der Waals surface area contributed by atoms with Gasteiger partial charge in [-0.3, -0.25) is 10.1 Å². The molecule has 0 atom stereocenters. The monoisotopic (exact) mass is 140 g/mol. The molecule has 0 aromatic rings. The summed E-state index contributed by atoms with van der Waals surface area (Å²) >= 11 is 0. The first kappa shape index (κ1) is 7.58. The molecule has 1 radical (unpaired) electrons. The van der Waals surface area contributed by atoms with Crippen LogP contribution in [0.25, 0.3) is 0 Å². The summed E-state index contributed by atoms with van der Waals surface area (Å²) in [7, 11) is 0. The Morgan fingerprint density at radius 2 is 1.70 bits per heavy atom. The van der Waals surface area contributed by atoms with Gasteiger partial charge >= 0.3 is 0 Å². The van der Waals surface area contributed by atoms with Crippen LogP contribution < -0.4 is 5.32 Å². The largest absolute Gasteiger partial charge is 0.273 e. The second-order valence-corrected chi connectivity index (χ2v) is 2.79. The molecule has 0 aromatic carbocycles. The van der Waals surface area contributed by atoms with Crippen LogP contribution in [-0.2, 0) is 4.79 Å². The van der Waals surface area contributed by atoms with E-state index in [-0.39, 0.29) is 5.91 Å². The van der Waals surface area contributed by atoms with E-state index in [0.29, 0.717) is 6.42 Å². The van der Waals surface area contributed by atoms with Crippen molar-refractivity contribution in [2.45, 2.75) is 38.5 Å². The average Bonchev–Trinajstić information content (AvgIpc) is 2.02. The number of carbonyl (C=O) groups is 1. The maximum absolute atomic E-state index is 10.8. The summed E-state index contributed by atoms with van der Waals surface area (Å²) in [6.07, 6.45) is 6.56. The Bertz CT molecular complexity index is 99.8. The van der Waals surface area contributed by atoms with Crippen LogP contribution in [0.4, 0.5) is 0 Å². The van der Waals surface area contributed by atoms with Crippen molar-refractivity contribution in [2.24, 2.45) is 0 Å². The normalized spacial score (nSPS) is 22.2. The molecular formula is C8H14NO. The molecule has 1 aliphatic heterocycles. The first-order valence-corrected chi connectivity index (χ1v) is 4.10. The molecule has 57 valence electrons. The molecule has 1 rings (SSSR count). The van der Waals surface area contributed by atoms with Crippen molar-refractivity contribution in [1.82, 2.24) is 5.32 Å². The fourth-order valence-corrected chi connectivity index (χ4v) is 1.20. The molecule has 0 bridgehead atoms. The molecule has 0 saturated carbocycles. The molecule has 0 N–H and O–H groups in total. The molecule has 2 nitrogen and oxygen atoms in total. The number of carbonyl (C=O) groups excluding carboxylic acids is 1. The van der Waals surface area contributed by atoms with Gasteiger partial charge in [-0.25, -0.2) is 0 Å². The summed E-state index contributed by atoms with van der Waals surface area (Å²) in [5.74, 6) is 0.113. The summed E-state index contributed by atoms with van der Waals surface area (Å²) in [5, 5.41) is 3.90. The number of hydrogen-bond donors (Lipinski definition) is 0. The Morgan fingerprint density at radius 3 is 2.60 bits per heavy atom. The first-order valence-electron chi connectivity index (χ1n) is 4.10. The van der Waals surface area contributed by atoms with Crippen molar-refractivity contribution in [2.75, 3.05) is 6.54 Å². The second-order valence-electron chi connectivity index (χ2n) is 2.79. The molecular weight excluding hydrogens is 126 g/mol. The van der Waals surface area contributed by atoms with Crippen LogP contribution >= 0.6 is 0 Å². The summed E-state index contributed by atoms with van der Waals surface area (Å²) in [5.41, 5.74) is 0. The van der Waals surface area contributed by atoms with Crippen molar-refractivity contribution < 1.29 is 4.79 Å². The zero-order chi connectivity index (χ0) is 7.23. The fourth-order valence-electron chi connectivity index (χ4n) is 1.20. The van der Waals surface area contributed by atoms with Gasteiger partial charge in [0.1, 0.15) is 0 Å². The zero-order valence-corrected chi connectivity index (χ0v) is 6.31. The molecule has 0 aromatic heterocycles. The fraction of sp³-hybridized carbons (Fsp3) is 0.875. The maximum Gasteiger partial charge on any atom is 0.241 e. The van der Waals surface area contributed by atoms with Crippen molar-refractivity contribution >= 4 is 5.91 Å². The Labute approximate surface area is 62.0 Å². The van der Waals surface area contributed by atoms with Crippen molar-refractivity contribution in [1.29, 1.82) is 0 Å². The molecule has 0 spiro atoms. The van der Waals surface area contributed by atoms with Crippen molar-refractivity contribution in [3.8, 4) is 0 Å². The predicted octanol–water partition coefficient (Wildman–Crippen LogP) is 1.47. The lowest BCUT2D eigenvalue weighted by molar-refractivity contribution is -0.121. The van der Waals surface area contributed by atoms with E-state index in [1.807, 2.05) is 0 Å². The first-order chi connectivity index (χ1) is 4.89. The zero-order valence-electron chi connectivity index (χ0n) is 6.31. The van der Waals surface area contributed by atoms with E-state index < -0.39 is 0 Å². The van der Waals surface area contributed by atoms with Gasteiger partial charge in [-0.15, -0.1) is 0 Å². The summed E-state index contributed by atoms with van der Waals surface area (Å²) in [6, 6.07) is 0. The molecule has 0 aliphatic carbocycles. The summed E-state index contributed by atoms with van der Waals surface area (Å²) in [6.45, 7) is 0.763. The van der Waals surface area contributed by atoms with Crippen LogP contribution in [0.1, 0.15) is 38.5 Å². The lowest BCUT2D eigenvalue weighted by Crippen LogP contribution is -2.15. The third kappa shape index (κ3) is 2.85. The van der Waals surface area contributed by atoms with E-state index in [1.165, 1.54) is 19.3 Å². The van der Waals surface area contributed by atoms with E-state index in [4.69, 9.17) is 0 Å². The van der Waals surface area contributed by atoms with E-state index >= 15 is 0 Å². The molecule has 2 heteroatoms. The lowest BCUT2D eigenvalue weighted by atomic mass is 10.1. The van der Waals surface area contributed by atoms with Gasteiger partial charge in [-0.1, -0.05) is 19.3 Å². The molecule has 10 heavy (non-hydrogen) atoms. The van der Waals surface area contributed by atoms with Gasteiger partial charge in [0.05, 0.1) is 0 Å². The topological polar surface area (TPSA) is 31.2 Å². The molecule has 0 unspecified atom stereocenters. The molecule has 1 saturated heterocycles. The van der Waals surface area contributed by atoms with Crippen molar-refractivity contribution in [3.05, 3.63) is 0 Å². The highest BCUT2D eigenvalue weighted by molar-refractivity contribution is 5.75. The van der Waals surface area contributed by atoms with Crippen LogP contribution in [0.3, 0.4) is 0 Å². The van der Waals surface area contributed by atoms with Crippen LogP contribution in [0.2, 0.25) is 0 Å². The Kier molecular flexibility index (Phi) is 3.27. The van der Waals surface area contributed by atoms with Crippen LogP contribution in [0.5, 0.6) is 0 Å². The van der Waals surface area contributed by atoms with Crippen molar-refractivity contribution in [3.63, 3.8) is 0 Å². The molecule has 1 heterocycles. The summed E-state index contributed by atoms with van der Waals surface area (Å²) < 4.78 is 0. The van der Waals surface area contributed by atoms with E-state index in [0.717, 1.165) is 19.4 Å². The SMILES string of the molecule is O=C1CCCCCCC[N]1. The van der Waals surface area contributed by atoms with Gasteiger partial charge < -0.3 is 0 Å². The van der Waals surface area contributed by atoms with Crippen LogP contribution in [0.15, 0.2) is 0 Å². The lowest BCUT2D eigenvalue weighted by Gasteiger charge is -1.95. The number of rotatable bonds is 0. The standard InChI is InChI=1S/C8H14NO/c10-8-6-4-2-1-3-5-7-9-8/h1-7H2. The smallest absolute Gasteiger partial charge is 0.241 e. The van der Waals surface area contributed by atoms with Crippen LogP contribution in [0, 0.1) is 0 Å². The van der Waals surface area contributed by atoms with Gasteiger partial charge in [0.2, 0.25) is 5.91 Å². The van der Waals surface area contributed by atoms with Gasteiger partial charge in [-0.05, 0) is 12.8 Å². The number of hydrogen-bond acceptors (Lipinski definition) is 1. The third-order valence-electron chi connectivity index (χ3n) is 1.84. The van der Waals surface area contributed by atoms with E-state index in [2.05, 4.69) is 5.32 Å². The third-order valence-corrected chi connectivity index (χ3v) is 1.84. The molecule has 1 fully saturated rings.